The van der Waals surface area contributed by atoms with Crippen LogP contribution >= 0.6 is 0 Å². The molecule has 0 heterocycles. The van der Waals surface area contributed by atoms with Crippen molar-refractivity contribution in [2.24, 2.45) is 5.92 Å². The van der Waals surface area contributed by atoms with Crippen LogP contribution in [0.25, 0.3) is 0 Å². The maximum atomic E-state index is 11.8. The first-order valence-corrected chi connectivity index (χ1v) is 7.22. The van der Waals surface area contributed by atoms with Crippen molar-refractivity contribution in [2.45, 2.75) is 17.7 Å². The lowest BCUT2D eigenvalue weighted by molar-refractivity contribution is -0.385. The Morgan fingerprint density at radius 1 is 1.39 bits per heavy atom. The molecular formula is C11H11NO5S. The van der Waals surface area contributed by atoms with E-state index in [1.54, 1.807) is 0 Å². The molecule has 1 aliphatic rings. The molecule has 1 aromatic rings. The van der Waals surface area contributed by atoms with Crippen molar-refractivity contribution in [1.29, 1.82) is 0 Å². The minimum absolute atomic E-state index is 0.00472. The van der Waals surface area contributed by atoms with Crippen molar-refractivity contribution < 1.29 is 18.1 Å². The van der Waals surface area contributed by atoms with Gasteiger partial charge in [-0.25, -0.2) is 8.42 Å². The Labute approximate surface area is 104 Å². The summed E-state index contributed by atoms with van der Waals surface area (Å²) >= 11 is 0. The SMILES string of the molecule is CS(=O)(=O)c1ccc(C(=O)C2CC2)c([N+](=O)[O-])c1. The number of ketones is 1. The molecule has 0 radical (unpaired) electrons. The van der Waals surface area contributed by atoms with Gasteiger partial charge in [0.2, 0.25) is 0 Å². The fraction of sp³-hybridized carbons (Fsp3) is 0.364. The highest BCUT2D eigenvalue weighted by Gasteiger charge is 2.34. The van der Waals surface area contributed by atoms with Gasteiger partial charge >= 0.3 is 0 Å². The van der Waals surface area contributed by atoms with E-state index in [1.807, 2.05) is 0 Å². The summed E-state index contributed by atoms with van der Waals surface area (Å²) in [6.45, 7) is 0. The van der Waals surface area contributed by atoms with Crippen LogP contribution in [0.5, 0.6) is 0 Å². The number of rotatable bonds is 4. The predicted octanol–water partition coefficient (Wildman–Crippen LogP) is 1.59. The lowest BCUT2D eigenvalue weighted by Crippen LogP contribution is -2.07. The zero-order valence-corrected chi connectivity index (χ0v) is 10.4. The summed E-state index contributed by atoms with van der Waals surface area (Å²) in [5.74, 6) is -0.422. The average molecular weight is 269 g/mol. The van der Waals surface area contributed by atoms with Crippen molar-refractivity contribution in [1.82, 2.24) is 0 Å². The van der Waals surface area contributed by atoms with E-state index in [0.29, 0.717) is 0 Å². The van der Waals surface area contributed by atoms with E-state index in [2.05, 4.69) is 0 Å². The topological polar surface area (TPSA) is 94.3 Å². The van der Waals surface area contributed by atoms with E-state index in [0.717, 1.165) is 25.2 Å². The molecule has 6 nitrogen and oxygen atoms in total. The molecule has 2 rings (SSSR count). The van der Waals surface area contributed by atoms with Gasteiger partial charge in [-0.15, -0.1) is 0 Å². The molecule has 0 N–H and O–H groups in total. The largest absolute Gasteiger partial charge is 0.294 e. The third-order valence-corrected chi connectivity index (χ3v) is 3.92. The molecule has 1 aromatic carbocycles. The number of carbonyl (C=O) groups excluding carboxylic acids is 1. The second kappa shape index (κ2) is 4.16. The molecule has 0 aliphatic heterocycles. The van der Waals surface area contributed by atoms with E-state index in [4.69, 9.17) is 0 Å². The van der Waals surface area contributed by atoms with Crippen LogP contribution in [0.3, 0.4) is 0 Å². The first-order valence-electron chi connectivity index (χ1n) is 5.33. The number of Topliss-reactive ketones (excluding diaryl/α,β-unsaturated/α-hetero) is 1. The Morgan fingerprint density at radius 3 is 2.44 bits per heavy atom. The van der Waals surface area contributed by atoms with Gasteiger partial charge in [-0.05, 0) is 25.0 Å². The van der Waals surface area contributed by atoms with Crippen LogP contribution in [-0.2, 0) is 9.84 Å². The highest BCUT2D eigenvalue weighted by molar-refractivity contribution is 7.90. The highest BCUT2D eigenvalue weighted by atomic mass is 32.2. The molecule has 96 valence electrons. The van der Waals surface area contributed by atoms with E-state index in [-0.39, 0.29) is 22.2 Å². The van der Waals surface area contributed by atoms with Crippen LogP contribution in [0, 0.1) is 16.0 Å². The third-order valence-electron chi connectivity index (χ3n) is 2.81. The van der Waals surface area contributed by atoms with E-state index in [9.17, 15) is 23.3 Å². The second-order valence-corrected chi connectivity index (χ2v) is 6.36. The maximum absolute atomic E-state index is 11.8. The Balaban J connectivity index is 2.54. The second-order valence-electron chi connectivity index (χ2n) is 4.35. The Bertz CT molecular complexity index is 631. The summed E-state index contributed by atoms with van der Waals surface area (Å²) in [5.41, 5.74) is -0.440. The zero-order valence-electron chi connectivity index (χ0n) is 9.62. The lowest BCUT2D eigenvalue weighted by atomic mass is 10.1. The maximum Gasteiger partial charge on any atom is 0.281 e. The number of carbonyl (C=O) groups is 1. The number of nitro benzene ring substituents is 1. The van der Waals surface area contributed by atoms with Crippen LogP contribution in [-0.4, -0.2) is 25.4 Å². The Morgan fingerprint density at radius 2 is 2.00 bits per heavy atom. The van der Waals surface area contributed by atoms with E-state index >= 15 is 0 Å². The number of hydrogen-bond acceptors (Lipinski definition) is 5. The van der Waals surface area contributed by atoms with Gasteiger partial charge in [0.25, 0.3) is 5.69 Å². The van der Waals surface area contributed by atoms with Gasteiger partial charge in [-0.1, -0.05) is 0 Å². The molecule has 0 amide bonds. The predicted molar refractivity (Wildman–Crippen MR) is 63.3 cm³/mol. The first kappa shape index (κ1) is 12.7. The minimum Gasteiger partial charge on any atom is -0.294 e. The Hall–Kier alpha value is -1.76. The summed E-state index contributed by atoms with van der Waals surface area (Å²) in [6.07, 6.45) is 2.45. The quantitative estimate of drug-likeness (QED) is 0.470. The zero-order chi connectivity index (χ0) is 13.5. The number of nitro groups is 1. The van der Waals surface area contributed by atoms with Crippen LogP contribution in [0.4, 0.5) is 5.69 Å². The minimum atomic E-state index is -3.52. The van der Waals surface area contributed by atoms with Gasteiger partial charge < -0.3 is 0 Å². The number of hydrogen-bond donors (Lipinski definition) is 0. The van der Waals surface area contributed by atoms with E-state index in [1.165, 1.54) is 12.1 Å². The summed E-state index contributed by atoms with van der Waals surface area (Å²) < 4.78 is 22.7. The summed E-state index contributed by atoms with van der Waals surface area (Å²) in [5, 5.41) is 10.9. The van der Waals surface area contributed by atoms with Gasteiger partial charge in [0.15, 0.2) is 15.6 Å². The average Bonchev–Trinajstić information content (AvgIpc) is 3.09. The van der Waals surface area contributed by atoms with Crippen LogP contribution < -0.4 is 0 Å². The fourth-order valence-electron chi connectivity index (χ4n) is 1.67. The lowest BCUT2D eigenvalue weighted by Gasteiger charge is -2.03. The van der Waals surface area contributed by atoms with Gasteiger partial charge in [0.05, 0.1) is 15.4 Å². The van der Waals surface area contributed by atoms with Crippen molar-refractivity contribution in [3.8, 4) is 0 Å². The van der Waals surface area contributed by atoms with Gasteiger partial charge in [-0.2, -0.15) is 0 Å². The van der Waals surface area contributed by atoms with Crippen molar-refractivity contribution in [2.75, 3.05) is 6.26 Å². The van der Waals surface area contributed by atoms with Crippen LogP contribution in [0.1, 0.15) is 23.2 Å². The first-order chi connectivity index (χ1) is 8.30. The van der Waals surface area contributed by atoms with Crippen LogP contribution in [0.15, 0.2) is 23.1 Å². The number of benzene rings is 1. The van der Waals surface area contributed by atoms with Crippen LogP contribution in [0.2, 0.25) is 0 Å². The standard InChI is InChI=1S/C11H11NO5S/c1-18(16,17)8-4-5-9(10(6-8)12(14)15)11(13)7-2-3-7/h4-7H,2-3H2,1H3. The smallest absolute Gasteiger partial charge is 0.281 e. The molecule has 0 atom stereocenters. The molecule has 7 heteroatoms. The van der Waals surface area contributed by atoms with Gasteiger partial charge in [0, 0.05) is 18.2 Å². The summed E-state index contributed by atoms with van der Waals surface area (Å²) in [7, 11) is -3.52. The fourth-order valence-corrected chi connectivity index (χ4v) is 2.31. The van der Waals surface area contributed by atoms with Crippen molar-refractivity contribution in [3.05, 3.63) is 33.9 Å². The highest BCUT2D eigenvalue weighted by Crippen LogP contribution is 2.35. The molecule has 18 heavy (non-hydrogen) atoms. The molecule has 0 aromatic heterocycles. The molecule has 1 aliphatic carbocycles. The third kappa shape index (κ3) is 2.40. The molecule has 0 spiro atoms. The monoisotopic (exact) mass is 269 g/mol. The van der Waals surface area contributed by atoms with Gasteiger partial charge in [-0.3, -0.25) is 14.9 Å². The molecular weight excluding hydrogens is 258 g/mol. The van der Waals surface area contributed by atoms with Gasteiger partial charge in [0.1, 0.15) is 0 Å². The molecule has 0 saturated heterocycles. The van der Waals surface area contributed by atoms with Crippen molar-refractivity contribution in [3.63, 3.8) is 0 Å². The number of sulfone groups is 1. The van der Waals surface area contributed by atoms with E-state index < -0.39 is 20.4 Å². The summed E-state index contributed by atoms with van der Waals surface area (Å²) in [4.78, 5) is 21.9. The Kier molecular flexibility index (Phi) is 2.94. The molecule has 1 fully saturated rings. The molecule has 0 unspecified atom stereocenters. The summed E-state index contributed by atoms with van der Waals surface area (Å²) in [6, 6.07) is 3.41. The normalized spacial score (nSPS) is 15.4. The molecule has 0 bridgehead atoms. The van der Waals surface area contributed by atoms with Crippen molar-refractivity contribution >= 4 is 21.3 Å². The molecule has 1 saturated carbocycles. The number of nitrogens with zero attached hydrogens (tertiary/aromatic N) is 1.